The summed E-state index contributed by atoms with van der Waals surface area (Å²) in [5, 5.41) is 23.0. The number of aliphatic hydroxyl groups is 2. The Labute approximate surface area is 398 Å². The lowest BCUT2D eigenvalue weighted by Crippen LogP contribution is -2.45. The van der Waals surface area contributed by atoms with Gasteiger partial charge >= 0.3 is 5.97 Å². The van der Waals surface area contributed by atoms with Crippen LogP contribution in [0.3, 0.4) is 0 Å². The number of rotatable bonds is 52. The zero-order valence-electron chi connectivity index (χ0n) is 42.8. The Bertz CT molecular complexity index is 1040. The van der Waals surface area contributed by atoms with Crippen molar-refractivity contribution in [2.45, 2.75) is 309 Å². The molecule has 0 aromatic carbocycles. The van der Waals surface area contributed by atoms with Crippen molar-refractivity contribution in [3.63, 3.8) is 0 Å². The molecule has 0 aliphatic heterocycles. The van der Waals surface area contributed by atoms with E-state index in [4.69, 9.17) is 4.74 Å². The zero-order valence-corrected chi connectivity index (χ0v) is 42.8. The lowest BCUT2D eigenvalue weighted by atomic mass is 10.0. The Morgan fingerprint density at radius 3 is 1.12 bits per heavy atom. The summed E-state index contributed by atoms with van der Waals surface area (Å²) in [6.07, 6.45) is 66.0. The number of nitrogens with one attached hydrogen (secondary N) is 1. The fourth-order valence-corrected chi connectivity index (χ4v) is 8.50. The number of carbonyl (C=O) groups is 2. The van der Waals surface area contributed by atoms with Crippen molar-refractivity contribution in [1.82, 2.24) is 5.32 Å². The number of esters is 1. The van der Waals surface area contributed by atoms with Crippen LogP contribution in [0.1, 0.15) is 296 Å². The van der Waals surface area contributed by atoms with Gasteiger partial charge in [-0.3, -0.25) is 9.59 Å². The van der Waals surface area contributed by atoms with E-state index in [1.54, 1.807) is 6.08 Å². The summed E-state index contributed by atoms with van der Waals surface area (Å²) in [5.74, 6) is -0.0747. The molecule has 0 saturated heterocycles. The third-order valence-corrected chi connectivity index (χ3v) is 12.9. The summed E-state index contributed by atoms with van der Waals surface area (Å²) in [6, 6.07) is -0.631. The van der Waals surface area contributed by atoms with Crippen molar-refractivity contribution in [3.05, 3.63) is 36.5 Å². The smallest absolute Gasteiger partial charge is 0.305 e. The first-order valence-electron chi connectivity index (χ1n) is 28.3. The molecule has 0 heterocycles. The molecule has 2 atom stereocenters. The molecule has 0 rings (SSSR count). The minimum atomic E-state index is -0.847. The van der Waals surface area contributed by atoms with E-state index in [-0.39, 0.29) is 18.5 Å². The predicted molar refractivity (Wildman–Crippen MR) is 278 cm³/mol. The summed E-state index contributed by atoms with van der Waals surface area (Å²) < 4.78 is 5.46. The van der Waals surface area contributed by atoms with Gasteiger partial charge in [0, 0.05) is 12.8 Å². The third kappa shape index (κ3) is 49.5. The van der Waals surface area contributed by atoms with Crippen LogP contribution >= 0.6 is 0 Å². The summed E-state index contributed by atoms with van der Waals surface area (Å²) in [5.41, 5.74) is 0. The Hall–Kier alpha value is -1.92. The molecule has 6 nitrogen and oxygen atoms in total. The Morgan fingerprint density at radius 1 is 0.422 bits per heavy atom. The van der Waals surface area contributed by atoms with Crippen LogP contribution in [-0.2, 0) is 14.3 Å². The van der Waals surface area contributed by atoms with Gasteiger partial charge in [-0.2, -0.15) is 0 Å². The largest absolute Gasteiger partial charge is 0.466 e. The van der Waals surface area contributed by atoms with Gasteiger partial charge in [-0.25, -0.2) is 0 Å². The summed E-state index contributed by atoms with van der Waals surface area (Å²) in [6.45, 7) is 4.87. The highest BCUT2D eigenvalue weighted by Gasteiger charge is 2.18. The van der Waals surface area contributed by atoms with Crippen LogP contribution in [-0.4, -0.2) is 47.4 Å². The van der Waals surface area contributed by atoms with E-state index in [1.807, 2.05) is 6.08 Å². The van der Waals surface area contributed by atoms with Gasteiger partial charge in [-0.1, -0.05) is 237 Å². The molecule has 0 aromatic heterocycles. The molecule has 0 aliphatic carbocycles. The fraction of sp³-hybridized carbons (Fsp3) is 0.862. The first-order chi connectivity index (χ1) is 31.5. The van der Waals surface area contributed by atoms with E-state index in [2.05, 4.69) is 43.5 Å². The molecule has 0 aromatic rings. The van der Waals surface area contributed by atoms with Crippen LogP contribution in [0.25, 0.3) is 0 Å². The average Bonchev–Trinajstić information content (AvgIpc) is 3.29. The number of ether oxygens (including phenoxy) is 1. The number of aliphatic hydroxyl groups excluding tert-OH is 2. The van der Waals surface area contributed by atoms with E-state index in [0.29, 0.717) is 19.4 Å². The molecule has 1 amide bonds. The second-order valence-electron chi connectivity index (χ2n) is 19.3. The van der Waals surface area contributed by atoms with Gasteiger partial charge in [-0.15, -0.1) is 0 Å². The van der Waals surface area contributed by atoms with Gasteiger partial charge in [-0.05, 0) is 83.5 Å². The molecule has 0 bridgehead atoms. The topological polar surface area (TPSA) is 95.9 Å². The first kappa shape index (κ1) is 62.1. The highest BCUT2D eigenvalue weighted by Crippen LogP contribution is 2.16. The normalized spacial score (nSPS) is 12.9. The Morgan fingerprint density at radius 2 is 0.734 bits per heavy atom. The highest BCUT2D eigenvalue weighted by molar-refractivity contribution is 5.76. The maximum Gasteiger partial charge on any atom is 0.305 e. The van der Waals surface area contributed by atoms with E-state index >= 15 is 0 Å². The third-order valence-electron chi connectivity index (χ3n) is 12.9. The lowest BCUT2D eigenvalue weighted by Gasteiger charge is -2.20. The molecule has 0 spiro atoms. The predicted octanol–water partition coefficient (Wildman–Crippen LogP) is 17.2. The van der Waals surface area contributed by atoms with Crippen LogP contribution in [0.2, 0.25) is 0 Å². The standard InChI is InChI=1S/C58H109NO5/c1-3-5-7-9-11-13-15-27-32-36-40-44-48-52-58(63)64-53-49-45-41-37-33-29-26-24-22-20-18-16-17-19-21-23-25-28-31-35-39-43-47-51-57(62)59-55(54-60)56(61)50-46-42-38-34-30-14-12-10-8-6-4-2/h13,15,19,21,46,50,55-56,60-61H,3-12,14,16-18,20,22-45,47-49,51-54H2,1-2H3,(H,59,62)/b15-13-,21-19-,50-46+. The Kier molecular flexibility index (Phi) is 52.1. The molecule has 0 saturated carbocycles. The number of allylic oxidation sites excluding steroid dienone is 5. The molecule has 0 aliphatic rings. The maximum absolute atomic E-state index is 12.4. The molecular formula is C58H109NO5. The van der Waals surface area contributed by atoms with Gasteiger partial charge in [0.25, 0.3) is 0 Å². The molecule has 6 heteroatoms. The summed E-state index contributed by atoms with van der Waals surface area (Å²) in [7, 11) is 0. The van der Waals surface area contributed by atoms with Gasteiger partial charge in [0.2, 0.25) is 5.91 Å². The second-order valence-corrected chi connectivity index (χ2v) is 19.3. The minimum absolute atomic E-state index is 0.00119. The van der Waals surface area contributed by atoms with Crippen LogP contribution in [0, 0.1) is 0 Å². The monoisotopic (exact) mass is 900 g/mol. The van der Waals surface area contributed by atoms with Crippen LogP contribution in [0.4, 0.5) is 0 Å². The second kappa shape index (κ2) is 53.7. The van der Waals surface area contributed by atoms with E-state index in [9.17, 15) is 19.8 Å². The van der Waals surface area contributed by atoms with Crippen molar-refractivity contribution in [3.8, 4) is 0 Å². The maximum atomic E-state index is 12.4. The van der Waals surface area contributed by atoms with E-state index in [1.165, 1.54) is 218 Å². The summed E-state index contributed by atoms with van der Waals surface area (Å²) >= 11 is 0. The van der Waals surface area contributed by atoms with Gasteiger partial charge in [0.05, 0.1) is 25.4 Å². The van der Waals surface area contributed by atoms with E-state index in [0.717, 1.165) is 51.4 Å². The number of hydrogen-bond acceptors (Lipinski definition) is 5. The SMILES string of the molecule is CCCCCC/C=C\CCCCCCCC(=O)OCCCCCCCCCCCCCC/C=C\CCCCCCCCCC(=O)NC(CO)C(O)/C=C/CCCCCCCCCCC. The molecular weight excluding hydrogens is 791 g/mol. The first-order valence-corrected chi connectivity index (χ1v) is 28.3. The van der Waals surface area contributed by atoms with E-state index < -0.39 is 12.1 Å². The van der Waals surface area contributed by atoms with Gasteiger partial charge in [0.15, 0.2) is 0 Å². The van der Waals surface area contributed by atoms with Gasteiger partial charge in [0.1, 0.15) is 0 Å². The number of amides is 1. The highest BCUT2D eigenvalue weighted by atomic mass is 16.5. The molecule has 0 fully saturated rings. The van der Waals surface area contributed by atoms with Crippen LogP contribution in [0.15, 0.2) is 36.5 Å². The molecule has 376 valence electrons. The number of unbranched alkanes of at least 4 members (excludes halogenated alkanes) is 37. The van der Waals surface area contributed by atoms with Crippen molar-refractivity contribution in [2.24, 2.45) is 0 Å². The molecule has 3 N–H and O–H groups in total. The Balaban J connectivity index is 3.42. The van der Waals surface area contributed by atoms with Crippen LogP contribution < -0.4 is 5.32 Å². The number of carbonyl (C=O) groups excluding carboxylic acids is 2. The van der Waals surface area contributed by atoms with Crippen molar-refractivity contribution in [1.29, 1.82) is 0 Å². The quantitative estimate of drug-likeness (QED) is 0.0321. The van der Waals surface area contributed by atoms with Crippen molar-refractivity contribution in [2.75, 3.05) is 13.2 Å². The molecule has 0 radical (unpaired) electrons. The average molecular weight is 901 g/mol. The fourth-order valence-electron chi connectivity index (χ4n) is 8.50. The molecule has 2 unspecified atom stereocenters. The lowest BCUT2D eigenvalue weighted by molar-refractivity contribution is -0.143. The summed E-state index contributed by atoms with van der Waals surface area (Å²) in [4.78, 5) is 24.4. The van der Waals surface area contributed by atoms with Crippen molar-refractivity contribution < 1.29 is 24.5 Å². The van der Waals surface area contributed by atoms with Gasteiger partial charge < -0.3 is 20.3 Å². The molecule has 64 heavy (non-hydrogen) atoms. The zero-order chi connectivity index (χ0) is 46.5. The minimum Gasteiger partial charge on any atom is -0.466 e. The number of hydrogen-bond donors (Lipinski definition) is 3. The van der Waals surface area contributed by atoms with Crippen molar-refractivity contribution >= 4 is 11.9 Å². The van der Waals surface area contributed by atoms with Crippen LogP contribution in [0.5, 0.6) is 0 Å².